The van der Waals surface area contributed by atoms with Crippen molar-refractivity contribution in [3.63, 3.8) is 0 Å². The molecule has 1 fully saturated rings. The van der Waals surface area contributed by atoms with Crippen LogP contribution in [0, 0.1) is 5.92 Å². The number of nitrogens with one attached hydrogen (secondary N) is 1. The summed E-state index contributed by atoms with van der Waals surface area (Å²) in [6.45, 7) is 8.89. The second-order valence-corrected chi connectivity index (χ2v) is 5.96. The Bertz CT molecular complexity index is 333. The van der Waals surface area contributed by atoms with E-state index in [1.54, 1.807) is 11.3 Å². The Hall–Kier alpha value is -0.610. The van der Waals surface area contributed by atoms with Gasteiger partial charge in [-0.05, 0) is 38.6 Å². The van der Waals surface area contributed by atoms with E-state index >= 15 is 0 Å². The fraction of sp³-hybridized carbons (Fsp3) is 0.769. The fourth-order valence-electron chi connectivity index (χ4n) is 2.05. The van der Waals surface area contributed by atoms with E-state index < -0.39 is 0 Å². The van der Waals surface area contributed by atoms with Gasteiger partial charge in [-0.2, -0.15) is 0 Å². The zero-order valence-corrected chi connectivity index (χ0v) is 11.7. The highest BCUT2D eigenvalue weighted by Crippen LogP contribution is 2.30. The molecule has 1 aromatic heterocycles. The van der Waals surface area contributed by atoms with Crippen LogP contribution in [0.3, 0.4) is 0 Å². The molecule has 1 heterocycles. The third kappa shape index (κ3) is 4.28. The van der Waals surface area contributed by atoms with Gasteiger partial charge in [0.1, 0.15) is 0 Å². The standard InChI is InChI=1S/C13H23N3S/c1-3-7-16(9-11-5-6-11)10-12-8-15-13(17-12)14-4-2/h8,11H,3-7,9-10H2,1-2H3,(H,14,15). The van der Waals surface area contributed by atoms with Gasteiger partial charge in [0.15, 0.2) is 5.13 Å². The quantitative estimate of drug-likeness (QED) is 0.771. The number of aromatic nitrogens is 1. The third-order valence-corrected chi connectivity index (χ3v) is 3.95. The maximum Gasteiger partial charge on any atom is 0.182 e. The molecule has 1 saturated carbocycles. The summed E-state index contributed by atoms with van der Waals surface area (Å²) in [6, 6.07) is 0. The molecule has 1 aliphatic carbocycles. The van der Waals surface area contributed by atoms with Crippen molar-refractivity contribution in [2.24, 2.45) is 5.92 Å². The molecule has 0 radical (unpaired) electrons. The van der Waals surface area contributed by atoms with Crippen LogP contribution < -0.4 is 5.32 Å². The van der Waals surface area contributed by atoms with Crippen molar-refractivity contribution >= 4 is 16.5 Å². The molecule has 96 valence electrons. The minimum atomic E-state index is 0.952. The van der Waals surface area contributed by atoms with Crippen LogP contribution in [0.1, 0.15) is 38.0 Å². The zero-order chi connectivity index (χ0) is 12.1. The van der Waals surface area contributed by atoms with Gasteiger partial charge in [-0.3, -0.25) is 4.90 Å². The second kappa shape index (κ2) is 6.36. The highest BCUT2D eigenvalue weighted by atomic mass is 32.1. The largest absolute Gasteiger partial charge is 0.362 e. The lowest BCUT2D eigenvalue weighted by molar-refractivity contribution is 0.257. The fourth-order valence-corrected chi connectivity index (χ4v) is 2.97. The Morgan fingerprint density at radius 3 is 2.94 bits per heavy atom. The SMILES string of the molecule is CCCN(Cc1cnc(NCC)s1)CC1CC1. The first-order valence-corrected chi connectivity index (χ1v) is 7.54. The predicted octanol–water partition coefficient (Wildman–Crippen LogP) is 3.20. The van der Waals surface area contributed by atoms with Crippen LogP contribution in [-0.2, 0) is 6.54 Å². The van der Waals surface area contributed by atoms with Gasteiger partial charge in [-0.15, -0.1) is 11.3 Å². The molecular formula is C13H23N3S. The average Bonchev–Trinajstić information content (AvgIpc) is 3.00. The molecule has 0 spiro atoms. The molecule has 0 unspecified atom stereocenters. The number of thiazole rings is 1. The van der Waals surface area contributed by atoms with Gasteiger partial charge >= 0.3 is 0 Å². The van der Waals surface area contributed by atoms with Crippen LogP contribution in [0.5, 0.6) is 0 Å². The van der Waals surface area contributed by atoms with E-state index in [2.05, 4.69) is 29.0 Å². The number of anilines is 1. The van der Waals surface area contributed by atoms with Crippen molar-refractivity contribution in [1.29, 1.82) is 0 Å². The molecule has 17 heavy (non-hydrogen) atoms. The van der Waals surface area contributed by atoms with E-state index in [1.165, 1.54) is 37.2 Å². The number of rotatable bonds is 8. The summed E-state index contributed by atoms with van der Waals surface area (Å²) in [7, 11) is 0. The Balaban J connectivity index is 1.85. The van der Waals surface area contributed by atoms with Crippen molar-refractivity contribution in [2.45, 2.75) is 39.7 Å². The Labute approximate surface area is 108 Å². The van der Waals surface area contributed by atoms with Gasteiger partial charge in [0.05, 0.1) is 0 Å². The van der Waals surface area contributed by atoms with Crippen molar-refractivity contribution in [1.82, 2.24) is 9.88 Å². The third-order valence-electron chi connectivity index (χ3n) is 3.01. The summed E-state index contributed by atoms with van der Waals surface area (Å²) < 4.78 is 0. The Morgan fingerprint density at radius 2 is 2.29 bits per heavy atom. The van der Waals surface area contributed by atoms with Gasteiger partial charge in [0.2, 0.25) is 0 Å². The molecule has 0 aliphatic heterocycles. The lowest BCUT2D eigenvalue weighted by Crippen LogP contribution is -2.25. The topological polar surface area (TPSA) is 28.2 Å². The van der Waals surface area contributed by atoms with Gasteiger partial charge < -0.3 is 5.32 Å². The predicted molar refractivity (Wildman–Crippen MR) is 74.6 cm³/mol. The summed E-state index contributed by atoms with van der Waals surface area (Å²) in [6.07, 6.45) is 6.14. The molecule has 1 N–H and O–H groups in total. The summed E-state index contributed by atoms with van der Waals surface area (Å²) >= 11 is 1.80. The molecule has 0 saturated heterocycles. The molecule has 1 aromatic rings. The first-order chi connectivity index (χ1) is 8.31. The Kier molecular flexibility index (Phi) is 4.80. The van der Waals surface area contributed by atoms with E-state index in [0.29, 0.717) is 0 Å². The lowest BCUT2D eigenvalue weighted by atomic mass is 10.3. The maximum atomic E-state index is 4.39. The van der Waals surface area contributed by atoms with E-state index in [1.807, 2.05) is 6.20 Å². The average molecular weight is 253 g/mol. The first kappa shape index (κ1) is 12.8. The maximum absolute atomic E-state index is 4.39. The highest BCUT2D eigenvalue weighted by molar-refractivity contribution is 7.15. The van der Waals surface area contributed by atoms with E-state index in [0.717, 1.165) is 24.1 Å². The molecule has 2 rings (SSSR count). The van der Waals surface area contributed by atoms with Gasteiger partial charge in [0.25, 0.3) is 0 Å². The van der Waals surface area contributed by atoms with Gasteiger partial charge in [-0.1, -0.05) is 6.92 Å². The highest BCUT2D eigenvalue weighted by Gasteiger charge is 2.24. The smallest absolute Gasteiger partial charge is 0.182 e. The molecule has 0 aromatic carbocycles. The normalized spacial score (nSPS) is 15.5. The zero-order valence-electron chi connectivity index (χ0n) is 10.9. The summed E-state index contributed by atoms with van der Waals surface area (Å²) in [4.78, 5) is 8.36. The van der Waals surface area contributed by atoms with E-state index in [4.69, 9.17) is 0 Å². The number of nitrogens with zero attached hydrogens (tertiary/aromatic N) is 2. The van der Waals surface area contributed by atoms with Gasteiger partial charge in [-0.25, -0.2) is 4.98 Å². The van der Waals surface area contributed by atoms with Crippen LogP contribution in [0.4, 0.5) is 5.13 Å². The molecular weight excluding hydrogens is 230 g/mol. The molecule has 0 atom stereocenters. The molecule has 3 nitrogen and oxygen atoms in total. The summed E-state index contributed by atoms with van der Waals surface area (Å²) in [5.74, 6) is 0.975. The lowest BCUT2D eigenvalue weighted by Gasteiger charge is -2.20. The minimum Gasteiger partial charge on any atom is -0.362 e. The van der Waals surface area contributed by atoms with Crippen molar-refractivity contribution < 1.29 is 0 Å². The van der Waals surface area contributed by atoms with Crippen LogP contribution in [0.2, 0.25) is 0 Å². The van der Waals surface area contributed by atoms with Crippen LogP contribution in [0.25, 0.3) is 0 Å². The van der Waals surface area contributed by atoms with Crippen LogP contribution in [0.15, 0.2) is 6.20 Å². The van der Waals surface area contributed by atoms with Crippen LogP contribution >= 0.6 is 11.3 Å². The molecule has 1 aliphatic rings. The molecule has 4 heteroatoms. The van der Waals surface area contributed by atoms with E-state index in [9.17, 15) is 0 Å². The van der Waals surface area contributed by atoms with E-state index in [-0.39, 0.29) is 0 Å². The molecule has 0 bridgehead atoms. The second-order valence-electron chi connectivity index (χ2n) is 4.84. The van der Waals surface area contributed by atoms with Crippen molar-refractivity contribution in [2.75, 3.05) is 25.0 Å². The minimum absolute atomic E-state index is 0.952. The van der Waals surface area contributed by atoms with Gasteiger partial charge in [0, 0.05) is 30.7 Å². The monoisotopic (exact) mass is 253 g/mol. The first-order valence-electron chi connectivity index (χ1n) is 6.72. The Morgan fingerprint density at radius 1 is 1.47 bits per heavy atom. The number of hydrogen-bond acceptors (Lipinski definition) is 4. The summed E-state index contributed by atoms with van der Waals surface area (Å²) in [5.41, 5.74) is 0. The molecule has 0 amide bonds. The van der Waals surface area contributed by atoms with Crippen molar-refractivity contribution in [3.8, 4) is 0 Å². The summed E-state index contributed by atoms with van der Waals surface area (Å²) in [5, 5.41) is 4.34. The number of hydrogen-bond donors (Lipinski definition) is 1. The van der Waals surface area contributed by atoms with Crippen LogP contribution in [-0.4, -0.2) is 29.5 Å². The van der Waals surface area contributed by atoms with Crippen molar-refractivity contribution in [3.05, 3.63) is 11.1 Å².